The number of fused-ring (bicyclic) bond motifs is 1. The molecule has 0 aliphatic heterocycles. The van der Waals surface area contributed by atoms with Crippen LogP contribution in [0.1, 0.15) is 0 Å². The van der Waals surface area contributed by atoms with E-state index in [-0.39, 0.29) is 23.0 Å². The number of thiophene rings is 1. The van der Waals surface area contributed by atoms with E-state index in [1.807, 2.05) is 0 Å². The van der Waals surface area contributed by atoms with Crippen molar-refractivity contribution < 1.29 is 13.9 Å². The van der Waals surface area contributed by atoms with Gasteiger partial charge in [-0.05, 0) is 23.6 Å². The van der Waals surface area contributed by atoms with Gasteiger partial charge in [0.1, 0.15) is 4.70 Å². The summed E-state index contributed by atoms with van der Waals surface area (Å²) in [7, 11) is 2.99. The minimum absolute atomic E-state index is 0.0452. The third-order valence-corrected chi connectivity index (χ3v) is 5.34. The average Bonchev–Trinajstić information content (AvgIpc) is 3.05. The molecule has 0 atom stereocenters. The number of ether oxygens (including phenoxy) is 1. The first kappa shape index (κ1) is 17.4. The first-order valence-electron chi connectivity index (χ1n) is 7.20. The predicted molar refractivity (Wildman–Crippen MR) is 97.2 cm³/mol. The van der Waals surface area contributed by atoms with Crippen molar-refractivity contribution in [1.29, 1.82) is 0 Å². The van der Waals surface area contributed by atoms with E-state index >= 15 is 0 Å². The van der Waals surface area contributed by atoms with Crippen LogP contribution in [0.2, 0.25) is 0 Å². The number of halogens is 1. The summed E-state index contributed by atoms with van der Waals surface area (Å²) in [4.78, 5) is 28.7. The Hall–Kier alpha value is -2.39. The van der Waals surface area contributed by atoms with Crippen molar-refractivity contribution in [3.63, 3.8) is 0 Å². The number of benzene rings is 1. The maximum Gasteiger partial charge on any atom is 0.271 e. The molecule has 3 rings (SSSR count). The molecule has 2 aromatic heterocycles. The molecule has 0 saturated carbocycles. The van der Waals surface area contributed by atoms with E-state index in [2.05, 4.69) is 10.3 Å². The lowest BCUT2D eigenvalue weighted by atomic mass is 10.3. The zero-order chi connectivity index (χ0) is 18.0. The summed E-state index contributed by atoms with van der Waals surface area (Å²) in [5.41, 5.74) is 0.812. The number of hydrogen-bond donors (Lipinski definition) is 1. The lowest BCUT2D eigenvalue weighted by Crippen LogP contribution is -2.20. The molecule has 0 unspecified atom stereocenters. The Morgan fingerprint density at radius 1 is 1.44 bits per heavy atom. The summed E-state index contributed by atoms with van der Waals surface area (Å²) in [6.45, 7) is 0. The summed E-state index contributed by atoms with van der Waals surface area (Å²) in [5.74, 6) is -0.728. The smallest absolute Gasteiger partial charge is 0.271 e. The van der Waals surface area contributed by atoms with Crippen molar-refractivity contribution in [3.05, 3.63) is 45.8 Å². The topological polar surface area (TPSA) is 73.2 Å². The Morgan fingerprint density at radius 3 is 2.96 bits per heavy atom. The molecule has 0 saturated heterocycles. The fraction of sp³-hybridized carbons (Fsp3) is 0.188. The largest absolute Gasteiger partial charge is 0.494 e. The normalized spacial score (nSPS) is 10.8. The van der Waals surface area contributed by atoms with Crippen molar-refractivity contribution in [2.45, 2.75) is 5.16 Å². The maximum atomic E-state index is 13.6. The lowest BCUT2D eigenvalue weighted by Gasteiger charge is -2.09. The maximum absolute atomic E-state index is 13.6. The van der Waals surface area contributed by atoms with Crippen LogP contribution in [0.3, 0.4) is 0 Å². The summed E-state index contributed by atoms with van der Waals surface area (Å²) < 4.78 is 20.5. The van der Waals surface area contributed by atoms with Gasteiger partial charge in [-0.3, -0.25) is 14.2 Å². The van der Waals surface area contributed by atoms with Crippen molar-refractivity contribution >= 4 is 44.9 Å². The van der Waals surface area contributed by atoms with Crippen LogP contribution in [0.5, 0.6) is 5.75 Å². The fourth-order valence-corrected chi connectivity index (χ4v) is 3.75. The Morgan fingerprint density at radius 2 is 2.24 bits per heavy atom. The summed E-state index contributed by atoms with van der Waals surface area (Å²) in [6.07, 6.45) is 0. The predicted octanol–water partition coefficient (Wildman–Crippen LogP) is 2.87. The molecule has 3 aromatic rings. The quantitative estimate of drug-likeness (QED) is 0.545. The number of aromatic nitrogens is 2. The van der Waals surface area contributed by atoms with Crippen LogP contribution < -0.4 is 15.6 Å². The van der Waals surface area contributed by atoms with E-state index < -0.39 is 5.82 Å². The summed E-state index contributed by atoms with van der Waals surface area (Å²) in [5, 5.41) is 4.86. The lowest BCUT2D eigenvalue weighted by molar-refractivity contribution is -0.113. The molecule has 0 fully saturated rings. The SMILES string of the molecule is COc1ccc(NC(=O)CSc2nc3ccsc3c(=O)n2C)cc1F. The Labute approximate surface area is 150 Å². The van der Waals surface area contributed by atoms with Gasteiger partial charge in [0, 0.05) is 18.8 Å². The van der Waals surface area contributed by atoms with Crippen molar-refractivity contribution in [3.8, 4) is 5.75 Å². The molecule has 1 N–H and O–H groups in total. The number of thioether (sulfide) groups is 1. The van der Waals surface area contributed by atoms with Crippen LogP contribution in [-0.2, 0) is 11.8 Å². The van der Waals surface area contributed by atoms with Gasteiger partial charge in [-0.2, -0.15) is 0 Å². The van der Waals surface area contributed by atoms with Gasteiger partial charge in [0.2, 0.25) is 5.91 Å². The van der Waals surface area contributed by atoms with Crippen molar-refractivity contribution in [2.24, 2.45) is 7.05 Å². The Bertz CT molecular complexity index is 1000. The number of amides is 1. The molecule has 0 aliphatic rings. The number of carbonyl (C=O) groups is 1. The molecule has 1 amide bonds. The molecule has 2 heterocycles. The highest BCUT2D eigenvalue weighted by molar-refractivity contribution is 7.99. The first-order chi connectivity index (χ1) is 12.0. The van der Waals surface area contributed by atoms with Crippen LogP contribution >= 0.6 is 23.1 Å². The molecule has 130 valence electrons. The number of hydrogen-bond acceptors (Lipinski definition) is 6. The molecule has 25 heavy (non-hydrogen) atoms. The van der Waals surface area contributed by atoms with E-state index in [1.54, 1.807) is 24.6 Å². The third-order valence-electron chi connectivity index (χ3n) is 3.41. The zero-order valence-electron chi connectivity index (χ0n) is 13.4. The van der Waals surface area contributed by atoms with Crippen LogP contribution in [0, 0.1) is 5.82 Å². The van der Waals surface area contributed by atoms with Crippen molar-refractivity contribution in [2.75, 3.05) is 18.2 Å². The molecule has 0 aliphatic carbocycles. The average molecular weight is 379 g/mol. The molecule has 1 aromatic carbocycles. The number of nitrogens with one attached hydrogen (secondary N) is 1. The molecule has 6 nitrogen and oxygen atoms in total. The number of rotatable bonds is 5. The van der Waals surface area contributed by atoms with E-state index in [1.165, 1.54) is 35.1 Å². The molecule has 0 radical (unpaired) electrons. The monoisotopic (exact) mass is 379 g/mol. The second-order valence-electron chi connectivity index (χ2n) is 5.08. The van der Waals surface area contributed by atoms with Crippen LogP contribution in [0.15, 0.2) is 39.6 Å². The number of methoxy groups -OCH3 is 1. The molecule has 9 heteroatoms. The van der Waals surface area contributed by atoms with Gasteiger partial charge in [-0.25, -0.2) is 9.37 Å². The van der Waals surface area contributed by atoms with Crippen molar-refractivity contribution in [1.82, 2.24) is 9.55 Å². The second kappa shape index (κ2) is 7.24. The first-order valence-corrected chi connectivity index (χ1v) is 9.06. The second-order valence-corrected chi connectivity index (χ2v) is 6.94. The molecule has 0 bridgehead atoms. The number of anilines is 1. The van der Waals surface area contributed by atoms with Crippen LogP contribution in [0.4, 0.5) is 10.1 Å². The van der Waals surface area contributed by atoms with E-state index in [9.17, 15) is 14.0 Å². The molecular weight excluding hydrogens is 365 g/mol. The highest BCUT2D eigenvalue weighted by Crippen LogP contribution is 2.22. The Kier molecular flexibility index (Phi) is 5.05. The molecular formula is C16H14FN3O3S2. The summed E-state index contributed by atoms with van der Waals surface area (Å²) >= 11 is 2.48. The number of nitrogens with zero attached hydrogens (tertiary/aromatic N) is 2. The standard InChI is InChI=1S/C16H14FN3O3S2/c1-20-15(22)14-11(5-6-24-14)19-16(20)25-8-13(21)18-9-3-4-12(23-2)10(17)7-9/h3-7H,8H2,1-2H3,(H,18,21). The number of carbonyl (C=O) groups excluding carboxylic acids is 1. The van der Waals surface area contributed by atoms with Gasteiger partial charge in [0.15, 0.2) is 16.7 Å². The van der Waals surface area contributed by atoms with E-state index in [4.69, 9.17) is 4.74 Å². The van der Waals surface area contributed by atoms with Crippen LogP contribution in [-0.4, -0.2) is 28.3 Å². The van der Waals surface area contributed by atoms with Gasteiger partial charge in [-0.1, -0.05) is 11.8 Å². The highest BCUT2D eigenvalue weighted by Gasteiger charge is 2.12. The van der Waals surface area contributed by atoms with Gasteiger partial charge >= 0.3 is 0 Å². The van der Waals surface area contributed by atoms with Gasteiger partial charge in [0.25, 0.3) is 5.56 Å². The van der Waals surface area contributed by atoms with E-state index in [0.29, 0.717) is 21.1 Å². The van der Waals surface area contributed by atoms with Gasteiger partial charge < -0.3 is 10.1 Å². The fourth-order valence-electron chi connectivity index (χ4n) is 2.17. The van der Waals surface area contributed by atoms with Gasteiger partial charge in [-0.15, -0.1) is 11.3 Å². The summed E-state index contributed by atoms with van der Waals surface area (Å²) in [6, 6.07) is 5.95. The van der Waals surface area contributed by atoms with Crippen LogP contribution in [0.25, 0.3) is 10.2 Å². The minimum Gasteiger partial charge on any atom is -0.494 e. The third kappa shape index (κ3) is 3.67. The van der Waals surface area contributed by atoms with E-state index in [0.717, 1.165) is 11.8 Å². The Balaban J connectivity index is 1.69. The highest BCUT2D eigenvalue weighted by atomic mass is 32.2. The zero-order valence-corrected chi connectivity index (χ0v) is 15.0. The molecule has 0 spiro atoms. The van der Waals surface area contributed by atoms with Gasteiger partial charge in [0.05, 0.1) is 18.4 Å². The minimum atomic E-state index is -0.556.